The number of aliphatic imine (C=N–C) groups is 1. The molecule has 0 saturated carbocycles. The lowest BCUT2D eigenvalue weighted by Gasteiger charge is -2.06. The van der Waals surface area contributed by atoms with Crippen molar-refractivity contribution in [3.8, 4) is 0 Å². The van der Waals surface area contributed by atoms with Gasteiger partial charge in [-0.3, -0.25) is 4.99 Å². The molecule has 0 radical (unpaired) electrons. The highest BCUT2D eigenvalue weighted by Gasteiger charge is 2.11. The van der Waals surface area contributed by atoms with Gasteiger partial charge < -0.3 is 15.8 Å². The van der Waals surface area contributed by atoms with Crippen LogP contribution in [0.15, 0.2) is 35.3 Å². The maximum Gasteiger partial charge on any atom is 0.188 e. The number of hydrogen-bond acceptors (Lipinski definition) is 4. The maximum atomic E-state index is 12.0. The van der Waals surface area contributed by atoms with Gasteiger partial charge in [-0.15, -0.1) is 0 Å². The van der Waals surface area contributed by atoms with Gasteiger partial charge in [-0.05, 0) is 25.3 Å². The second-order valence-corrected chi connectivity index (χ2v) is 7.36. The van der Waals surface area contributed by atoms with Crippen molar-refractivity contribution >= 4 is 15.8 Å². The number of ether oxygens (including phenoxy) is 1. The Kier molecular flexibility index (Phi) is 9.31. The molecule has 0 unspecified atom stereocenters. The van der Waals surface area contributed by atoms with E-state index >= 15 is 0 Å². The van der Waals surface area contributed by atoms with Gasteiger partial charge in [0.25, 0.3) is 0 Å². The van der Waals surface area contributed by atoms with Crippen molar-refractivity contribution in [3.63, 3.8) is 0 Å². The number of nitrogens with zero attached hydrogens (tertiary/aromatic N) is 1. The number of sulfone groups is 1. The predicted octanol–water partition coefficient (Wildman–Crippen LogP) is 1.32. The summed E-state index contributed by atoms with van der Waals surface area (Å²) in [6, 6.07) is 9.19. The molecule has 0 amide bonds. The van der Waals surface area contributed by atoms with Gasteiger partial charge in [-0.2, -0.15) is 0 Å². The normalized spacial score (nSPS) is 12.3. The van der Waals surface area contributed by atoms with Crippen LogP contribution in [0.3, 0.4) is 0 Å². The molecule has 0 aliphatic carbocycles. The molecule has 0 fully saturated rings. The first-order valence-electron chi connectivity index (χ1n) is 7.89. The molecule has 0 bridgehead atoms. The second kappa shape index (κ2) is 11.0. The molecular weight excluding hydrogens is 314 g/mol. The fourth-order valence-electron chi connectivity index (χ4n) is 1.98. The van der Waals surface area contributed by atoms with E-state index in [1.807, 2.05) is 37.3 Å². The summed E-state index contributed by atoms with van der Waals surface area (Å²) in [6.07, 6.45) is 1.33. The first kappa shape index (κ1) is 19.4. The Bertz CT molecular complexity index is 559. The molecule has 23 heavy (non-hydrogen) atoms. The summed E-state index contributed by atoms with van der Waals surface area (Å²) in [4.78, 5) is 4.13. The molecule has 0 spiro atoms. The molecule has 0 aliphatic heterocycles. The third-order valence-corrected chi connectivity index (χ3v) is 4.78. The number of rotatable bonds is 11. The summed E-state index contributed by atoms with van der Waals surface area (Å²) in [7, 11) is -3.11. The van der Waals surface area contributed by atoms with Crippen molar-refractivity contribution in [1.29, 1.82) is 0 Å². The summed E-state index contributed by atoms with van der Waals surface area (Å²) in [5.41, 5.74) is 6.52. The minimum absolute atomic E-state index is 0.0721. The van der Waals surface area contributed by atoms with E-state index in [-0.39, 0.29) is 11.5 Å². The van der Waals surface area contributed by atoms with Gasteiger partial charge in [-0.1, -0.05) is 30.3 Å². The molecular formula is C16H27N3O3S. The zero-order valence-corrected chi connectivity index (χ0v) is 14.5. The lowest BCUT2D eigenvalue weighted by atomic mass is 10.2. The average molecular weight is 341 g/mol. The van der Waals surface area contributed by atoms with Crippen LogP contribution in [-0.4, -0.2) is 46.4 Å². The van der Waals surface area contributed by atoms with Gasteiger partial charge in [0, 0.05) is 26.3 Å². The van der Waals surface area contributed by atoms with Crippen LogP contribution in [-0.2, 0) is 20.3 Å². The van der Waals surface area contributed by atoms with E-state index in [4.69, 9.17) is 10.5 Å². The van der Waals surface area contributed by atoms with Crippen molar-refractivity contribution in [3.05, 3.63) is 35.9 Å². The number of nitrogens with one attached hydrogen (secondary N) is 1. The van der Waals surface area contributed by atoms with Crippen LogP contribution in [0, 0.1) is 0 Å². The van der Waals surface area contributed by atoms with Crippen molar-refractivity contribution in [1.82, 2.24) is 5.32 Å². The number of nitrogens with two attached hydrogens (primary N) is 1. The topological polar surface area (TPSA) is 93.8 Å². The van der Waals surface area contributed by atoms with Crippen LogP contribution in [0.1, 0.15) is 25.3 Å². The number of hydrogen-bond donors (Lipinski definition) is 2. The summed E-state index contributed by atoms with van der Waals surface area (Å²) in [5, 5.41) is 2.98. The maximum absolute atomic E-state index is 12.0. The zero-order valence-electron chi connectivity index (χ0n) is 13.7. The largest absolute Gasteiger partial charge is 0.382 e. The summed E-state index contributed by atoms with van der Waals surface area (Å²) < 4.78 is 29.2. The molecule has 0 aliphatic rings. The lowest BCUT2D eigenvalue weighted by molar-refractivity contribution is 0.145. The van der Waals surface area contributed by atoms with E-state index in [0.717, 1.165) is 12.0 Å². The molecule has 0 atom stereocenters. The molecule has 0 aromatic heterocycles. The van der Waals surface area contributed by atoms with Crippen LogP contribution in [0.25, 0.3) is 0 Å². The smallest absolute Gasteiger partial charge is 0.188 e. The summed E-state index contributed by atoms with van der Waals surface area (Å²) in [6.45, 7) is 4.45. The van der Waals surface area contributed by atoms with Gasteiger partial charge in [0.15, 0.2) is 15.8 Å². The minimum Gasteiger partial charge on any atom is -0.382 e. The third-order valence-electron chi connectivity index (χ3n) is 3.10. The zero-order chi connectivity index (χ0) is 17.0. The summed E-state index contributed by atoms with van der Waals surface area (Å²) >= 11 is 0. The molecule has 6 nitrogen and oxygen atoms in total. The monoisotopic (exact) mass is 341 g/mol. The highest BCUT2D eigenvalue weighted by atomic mass is 32.2. The first-order valence-corrected chi connectivity index (χ1v) is 9.71. The van der Waals surface area contributed by atoms with E-state index < -0.39 is 9.84 Å². The SMILES string of the molecule is CCOCCCNC(N)=NCCCS(=O)(=O)Cc1ccccc1. The Labute approximate surface area is 139 Å². The minimum atomic E-state index is -3.11. The van der Waals surface area contributed by atoms with E-state index in [9.17, 15) is 8.42 Å². The van der Waals surface area contributed by atoms with E-state index in [1.54, 1.807) is 0 Å². The quantitative estimate of drug-likeness (QED) is 0.360. The van der Waals surface area contributed by atoms with Gasteiger partial charge in [0.1, 0.15) is 0 Å². The summed E-state index contributed by atoms with van der Waals surface area (Å²) in [5.74, 6) is 0.535. The molecule has 0 saturated heterocycles. The Balaban J connectivity index is 2.20. The van der Waals surface area contributed by atoms with Crippen LogP contribution in [0.5, 0.6) is 0 Å². The van der Waals surface area contributed by atoms with E-state index in [1.165, 1.54) is 0 Å². The molecule has 0 heterocycles. The Morgan fingerprint density at radius 3 is 2.70 bits per heavy atom. The number of guanidine groups is 1. The van der Waals surface area contributed by atoms with Crippen molar-refractivity contribution in [2.24, 2.45) is 10.7 Å². The molecule has 1 aromatic carbocycles. The Hall–Kier alpha value is -1.60. The molecule has 1 aromatic rings. The Morgan fingerprint density at radius 2 is 2.00 bits per heavy atom. The Morgan fingerprint density at radius 1 is 1.26 bits per heavy atom. The van der Waals surface area contributed by atoms with Gasteiger partial charge in [0.2, 0.25) is 0 Å². The lowest BCUT2D eigenvalue weighted by Crippen LogP contribution is -2.33. The van der Waals surface area contributed by atoms with Crippen molar-refractivity contribution < 1.29 is 13.2 Å². The van der Waals surface area contributed by atoms with E-state index in [0.29, 0.717) is 38.7 Å². The van der Waals surface area contributed by atoms with E-state index in [2.05, 4.69) is 10.3 Å². The van der Waals surface area contributed by atoms with Crippen molar-refractivity contribution in [2.45, 2.75) is 25.5 Å². The molecule has 1 rings (SSSR count). The predicted molar refractivity (Wildman–Crippen MR) is 94.2 cm³/mol. The second-order valence-electron chi connectivity index (χ2n) is 5.18. The van der Waals surface area contributed by atoms with Crippen LogP contribution in [0.4, 0.5) is 0 Å². The van der Waals surface area contributed by atoms with Crippen LogP contribution < -0.4 is 11.1 Å². The highest BCUT2D eigenvalue weighted by molar-refractivity contribution is 7.90. The van der Waals surface area contributed by atoms with Crippen LogP contribution >= 0.6 is 0 Å². The first-order chi connectivity index (χ1) is 11.0. The van der Waals surface area contributed by atoms with Gasteiger partial charge in [0.05, 0.1) is 11.5 Å². The van der Waals surface area contributed by atoms with Crippen molar-refractivity contribution in [2.75, 3.05) is 32.1 Å². The fourth-order valence-corrected chi connectivity index (χ4v) is 3.39. The molecule has 130 valence electrons. The van der Waals surface area contributed by atoms with Crippen LogP contribution in [0.2, 0.25) is 0 Å². The average Bonchev–Trinajstić information content (AvgIpc) is 2.52. The third kappa shape index (κ3) is 9.91. The van der Waals surface area contributed by atoms with Gasteiger partial charge in [-0.25, -0.2) is 8.42 Å². The standard InChI is InChI=1S/C16H27N3O3S/c1-2-22-12-6-10-18-16(17)19-11-7-13-23(20,21)14-15-8-4-3-5-9-15/h3-5,8-9H,2,6-7,10-14H2,1H3,(H3,17,18,19). The molecule has 3 N–H and O–H groups in total. The highest BCUT2D eigenvalue weighted by Crippen LogP contribution is 2.07. The fraction of sp³-hybridized carbons (Fsp3) is 0.562. The molecule has 7 heteroatoms. The van der Waals surface area contributed by atoms with Gasteiger partial charge >= 0.3 is 0 Å². The number of benzene rings is 1.